The molecule has 0 aromatic heterocycles. The van der Waals surface area contributed by atoms with Crippen LogP contribution >= 0.6 is 8.60 Å². The van der Waals surface area contributed by atoms with Crippen molar-refractivity contribution in [1.29, 1.82) is 0 Å². The molecule has 0 unspecified atom stereocenters. The van der Waals surface area contributed by atoms with Crippen LogP contribution in [-0.4, -0.2) is 32.0 Å². The summed E-state index contributed by atoms with van der Waals surface area (Å²) in [7, 11) is -2.62. The van der Waals surface area contributed by atoms with E-state index in [9.17, 15) is 0 Å². The van der Waals surface area contributed by atoms with E-state index < -0.39 is 8.60 Å². The molecule has 0 aromatic rings. The third-order valence-corrected chi connectivity index (χ3v) is 0. The average Bonchev–Trinajstić information content (AvgIpc) is 0.811. The van der Waals surface area contributed by atoms with Gasteiger partial charge < -0.3 is 16.1 Å². The van der Waals surface area contributed by atoms with E-state index in [1.807, 2.05) is 0 Å². The monoisotopic (exact) mass is 136 g/mol. The zero-order chi connectivity index (χ0) is 3.58. The Kier molecular flexibility index (Phi) is 26.0. The zero-order valence-electron chi connectivity index (χ0n) is 3.79. The van der Waals surface area contributed by atoms with E-state index in [4.69, 9.17) is 14.7 Å². The van der Waals surface area contributed by atoms with Crippen LogP contribution in [0.15, 0.2) is 0 Å². The minimum absolute atomic E-state index is 0. The van der Waals surface area contributed by atoms with Gasteiger partial charge in [0.15, 0.2) is 17.4 Å². The topological polar surface area (TPSA) is 60.7 Å². The van der Waals surface area contributed by atoms with E-state index in [-0.39, 0.29) is 48.3 Å². The first-order chi connectivity index (χ1) is 1.73. The number of hydrogen-bond acceptors (Lipinski definition) is 3. The largest absolute Gasteiger partial charge is 1.00 e. The van der Waals surface area contributed by atoms with Gasteiger partial charge in [-0.25, -0.2) is 0 Å². The Balaban J connectivity index is -0.0000000150. The van der Waals surface area contributed by atoms with Crippen molar-refractivity contribution < 1.29 is 45.7 Å². The molecule has 0 atom stereocenters. The summed E-state index contributed by atoms with van der Waals surface area (Å²) in [6.07, 6.45) is 0. The molecule has 3 nitrogen and oxygen atoms in total. The summed E-state index contributed by atoms with van der Waals surface area (Å²) < 4.78 is 0. The van der Waals surface area contributed by atoms with Gasteiger partial charge in [-0.3, -0.25) is 0 Å². The molecule has 0 bridgehead atoms. The molecule has 6 heavy (non-hydrogen) atoms. The van der Waals surface area contributed by atoms with Crippen LogP contribution in [0.25, 0.3) is 0 Å². The van der Waals surface area contributed by atoms with Crippen LogP contribution in [0.5, 0.6) is 0 Å². The predicted octanol–water partition coefficient (Wildman–Crippen LogP) is -4.88. The van der Waals surface area contributed by atoms with E-state index in [1.165, 1.54) is 0 Å². The van der Waals surface area contributed by atoms with Crippen molar-refractivity contribution in [3.05, 3.63) is 0 Å². The minimum atomic E-state index is -2.62. The van der Waals surface area contributed by atoms with Gasteiger partial charge in [-0.2, -0.15) is 0 Å². The van der Waals surface area contributed by atoms with Gasteiger partial charge in [0.2, 0.25) is 0 Å². The molecule has 0 aliphatic carbocycles. The van der Waals surface area contributed by atoms with Crippen molar-refractivity contribution in [2.75, 3.05) is 0 Å². The molecule has 6 heteroatoms. The SMILES string of the molecule is OP(O)O.[AlH3].[H-].[Na+]. The molecule has 0 rings (SSSR count). The molecule has 0 radical (unpaired) electrons. The standard InChI is InChI=1S/Al.Na.H3O3P.4H/c;;1-4(2)3;;;;/h;;1-3H;;;;/q;+1;;;;;-1. The van der Waals surface area contributed by atoms with Gasteiger partial charge in [0, 0.05) is 0 Å². The molecular weight excluding hydrogens is 129 g/mol. The minimum Gasteiger partial charge on any atom is -1.00 e. The molecule has 0 spiro atoms. The van der Waals surface area contributed by atoms with Crippen molar-refractivity contribution in [1.82, 2.24) is 0 Å². The fourth-order valence-corrected chi connectivity index (χ4v) is 0. The van der Waals surface area contributed by atoms with Crippen molar-refractivity contribution >= 4 is 26.0 Å². The van der Waals surface area contributed by atoms with Crippen molar-refractivity contribution in [3.8, 4) is 0 Å². The van der Waals surface area contributed by atoms with E-state index in [0.717, 1.165) is 0 Å². The maximum atomic E-state index is 7.23. The fourth-order valence-electron chi connectivity index (χ4n) is 0. The Morgan fingerprint density at radius 2 is 1.17 bits per heavy atom. The van der Waals surface area contributed by atoms with Gasteiger partial charge in [0.1, 0.15) is 0 Å². The molecule has 0 aliphatic rings. The van der Waals surface area contributed by atoms with Gasteiger partial charge in [0.25, 0.3) is 0 Å². The maximum Gasteiger partial charge on any atom is 1.00 e. The van der Waals surface area contributed by atoms with Gasteiger partial charge >= 0.3 is 38.2 Å². The van der Waals surface area contributed by atoms with Crippen molar-refractivity contribution in [3.63, 3.8) is 0 Å². The van der Waals surface area contributed by atoms with Crippen LogP contribution in [0.3, 0.4) is 0 Å². The van der Waals surface area contributed by atoms with Crippen LogP contribution in [0, 0.1) is 0 Å². The summed E-state index contributed by atoms with van der Waals surface area (Å²) in [6.45, 7) is 0. The molecule has 34 valence electrons. The summed E-state index contributed by atoms with van der Waals surface area (Å²) in [5.74, 6) is 0. The first-order valence-corrected chi connectivity index (χ1v) is 1.80. The summed E-state index contributed by atoms with van der Waals surface area (Å²) in [5.41, 5.74) is 0. The Labute approximate surface area is 71.3 Å². The molecule has 0 saturated carbocycles. The molecule has 3 N–H and O–H groups in total. The molecule has 0 heterocycles. The van der Waals surface area contributed by atoms with Crippen LogP contribution in [0.1, 0.15) is 1.43 Å². The molecule has 0 fully saturated rings. The Bertz CT molecular complexity index is 19.7. The van der Waals surface area contributed by atoms with Crippen molar-refractivity contribution in [2.24, 2.45) is 0 Å². The first kappa shape index (κ1) is 15.7. The summed E-state index contributed by atoms with van der Waals surface area (Å²) in [6, 6.07) is 0. The third kappa shape index (κ3) is 40.4. The van der Waals surface area contributed by atoms with Gasteiger partial charge in [0.05, 0.1) is 0 Å². The summed E-state index contributed by atoms with van der Waals surface area (Å²) in [5, 5.41) is 0. The second-order valence-corrected chi connectivity index (χ2v) is 0.805. The van der Waals surface area contributed by atoms with Crippen molar-refractivity contribution in [2.45, 2.75) is 0 Å². The van der Waals surface area contributed by atoms with Gasteiger partial charge in [-0.15, -0.1) is 0 Å². The number of rotatable bonds is 0. The second kappa shape index (κ2) is 9.96. The summed E-state index contributed by atoms with van der Waals surface area (Å²) in [4.78, 5) is 21.7. The number of hydrogen-bond donors (Lipinski definition) is 3. The Morgan fingerprint density at radius 3 is 1.17 bits per heavy atom. The Hall–Kier alpha value is 1.84. The second-order valence-electron chi connectivity index (χ2n) is 0.268. The molecule has 0 saturated heterocycles. The zero-order valence-corrected chi connectivity index (χ0v) is 5.68. The van der Waals surface area contributed by atoms with Crippen LogP contribution in [0.2, 0.25) is 0 Å². The van der Waals surface area contributed by atoms with Crippen LogP contribution in [-0.2, 0) is 0 Å². The quantitative estimate of drug-likeness (QED) is 0.231. The van der Waals surface area contributed by atoms with E-state index in [1.54, 1.807) is 0 Å². The maximum absolute atomic E-state index is 7.23. The van der Waals surface area contributed by atoms with Gasteiger partial charge in [-0.05, 0) is 0 Å². The molecular formula is H7AlNaO3P. The van der Waals surface area contributed by atoms with Gasteiger partial charge in [-0.1, -0.05) is 0 Å². The fraction of sp³-hybridized carbons (Fsp3) is 0. The normalized spacial score (nSPS) is 6.00. The average molecular weight is 136 g/mol. The first-order valence-electron chi connectivity index (χ1n) is 0.600. The molecule has 0 aromatic carbocycles. The summed E-state index contributed by atoms with van der Waals surface area (Å²) >= 11 is 0. The van der Waals surface area contributed by atoms with E-state index in [0.29, 0.717) is 0 Å². The van der Waals surface area contributed by atoms with Crippen LogP contribution < -0.4 is 29.6 Å². The molecule has 0 amide bonds. The van der Waals surface area contributed by atoms with E-state index >= 15 is 0 Å². The Morgan fingerprint density at radius 1 is 1.17 bits per heavy atom. The molecule has 0 aliphatic heterocycles. The van der Waals surface area contributed by atoms with Crippen LogP contribution in [0.4, 0.5) is 0 Å². The smallest absolute Gasteiger partial charge is 1.00 e. The third-order valence-electron chi connectivity index (χ3n) is 0. The van der Waals surface area contributed by atoms with E-state index in [2.05, 4.69) is 0 Å². The predicted molar refractivity (Wildman–Crippen MR) is 24.6 cm³/mol.